The van der Waals surface area contributed by atoms with Crippen LogP contribution >= 0.6 is 11.3 Å². The molecule has 0 atom stereocenters. The first-order chi connectivity index (χ1) is 9.33. The van der Waals surface area contributed by atoms with Gasteiger partial charge < -0.3 is 11.1 Å². The Bertz CT molecular complexity index is 607. The number of nitrogens with one attached hydrogen (secondary N) is 1. The van der Waals surface area contributed by atoms with Crippen molar-refractivity contribution in [2.75, 3.05) is 11.1 Å². The number of alkyl halides is 3. The van der Waals surface area contributed by atoms with E-state index in [0.717, 1.165) is 16.9 Å². The maximum Gasteiger partial charge on any atom is 0.397 e. The van der Waals surface area contributed by atoms with Gasteiger partial charge >= 0.3 is 6.18 Å². The van der Waals surface area contributed by atoms with Gasteiger partial charge in [0.1, 0.15) is 6.42 Å². The van der Waals surface area contributed by atoms with E-state index < -0.39 is 18.5 Å². The lowest BCUT2D eigenvalue weighted by Crippen LogP contribution is -2.21. The zero-order valence-electron chi connectivity index (χ0n) is 10.1. The number of aromatic nitrogens is 1. The second kappa shape index (κ2) is 5.49. The molecular weight excluding hydrogens is 291 g/mol. The lowest BCUT2D eigenvalue weighted by atomic mass is 10.1. The minimum atomic E-state index is -4.53. The van der Waals surface area contributed by atoms with Crippen molar-refractivity contribution in [3.63, 3.8) is 0 Å². The molecule has 8 heteroatoms. The Morgan fingerprint density at radius 3 is 2.55 bits per heavy atom. The Morgan fingerprint density at radius 1 is 1.30 bits per heavy atom. The van der Waals surface area contributed by atoms with Crippen LogP contribution in [0.5, 0.6) is 0 Å². The number of carbonyl (C=O) groups is 1. The summed E-state index contributed by atoms with van der Waals surface area (Å²) in [5, 5.41) is 3.90. The monoisotopic (exact) mass is 301 g/mol. The predicted molar refractivity (Wildman–Crippen MR) is 71.3 cm³/mol. The van der Waals surface area contributed by atoms with Gasteiger partial charge in [0.2, 0.25) is 5.91 Å². The molecule has 0 aliphatic rings. The highest BCUT2D eigenvalue weighted by molar-refractivity contribution is 7.14. The molecule has 0 saturated heterocycles. The molecule has 0 aliphatic heterocycles. The fourth-order valence-electron chi connectivity index (χ4n) is 1.46. The van der Waals surface area contributed by atoms with Crippen LogP contribution in [-0.2, 0) is 4.79 Å². The van der Waals surface area contributed by atoms with Gasteiger partial charge in [0.15, 0.2) is 5.13 Å². The van der Waals surface area contributed by atoms with E-state index in [2.05, 4.69) is 10.3 Å². The molecule has 1 aromatic carbocycles. The molecule has 4 nitrogen and oxygen atoms in total. The molecule has 1 heterocycles. The Labute approximate surface area is 116 Å². The van der Waals surface area contributed by atoms with Gasteiger partial charge in [-0.05, 0) is 12.1 Å². The highest BCUT2D eigenvalue weighted by atomic mass is 32.1. The lowest BCUT2D eigenvalue weighted by molar-refractivity contribution is -0.150. The van der Waals surface area contributed by atoms with Crippen molar-refractivity contribution in [1.82, 2.24) is 4.98 Å². The fourth-order valence-corrected chi connectivity index (χ4v) is 2.20. The van der Waals surface area contributed by atoms with Gasteiger partial charge in [-0.15, -0.1) is 11.3 Å². The van der Waals surface area contributed by atoms with Crippen molar-refractivity contribution >= 4 is 28.1 Å². The Hall–Kier alpha value is -2.09. The quantitative estimate of drug-likeness (QED) is 0.855. The standard InChI is InChI=1S/C12H10F3N3OS/c13-12(14,15)5-10(19)18-11-17-9(6-20-11)7-1-3-8(16)4-2-7/h1-4,6H,5,16H2,(H,17,18,19). The summed E-state index contributed by atoms with van der Waals surface area (Å²) in [6.07, 6.45) is -6.05. The summed E-state index contributed by atoms with van der Waals surface area (Å²) in [6, 6.07) is 6.87. The summed E-state index contributed by atoms with van der Waals surface area (Å²) < 4.78 is 36.1. The molecule has 1 aromatic heterocycles. The maximum atomic E-state index is 12.0. The van der Waals surface area contributed by atoms with Crippen LogP contribution in [0.2, 0.25) is 0 Å². The number of nitrogen functional groups attached to an aromatic ring is 1. The molecule has 1 amide bonds. The SMILES string of the molecule is Nc1ccc(-c2csc(NC(=O)CC(F)(F)F)n2)cc1. The van der Waals surface area contributed by atoms with Gasteiger partial charge in [0.25, 0.3) is 0 Å². The van der Waals surface area contributed by atoms with Crippen molar-refractivity contribution in [2.24, 2.45) is 0 Å². The molecule has 2 rings (SSSR count). The number of halogens is 3. The first-order valence-corrected chi connectivity index (χ1v) is 6.39. The van der Waals surface area contributed by atoms with Gasteiger partial charge in [0, 0.05) is 16.6 Å². The van der Waals surface area contributed by atoms with E-state index in [0.29, 0.717) is 11.4 Å². The zero-order chi connectivity index (χ0) is 14.8. The van der Waals surface area contributed by atoms with E-state index in [1.165, 1.54) is 0 Å². The molecular formula is C12H10F3N3OS. The van der Waals surface area contributed by atoms with Crippen LogP contribution < -0.4 is 11.1 Å². The van der Waals surface area contributed by atoms with Gasteiger partial charge in [-0.2, -0.15) is 13.2 Å². The van der Waals surface area contributed by atoms with Crippen LogP contribution in [0.3, 0.4) is 0 Å². The first kappa shape index (κ1) is 14.3. The summed E-state index contributed by atoms with van der Waals surface area (Å²) >= 11 is 1.06. The van der Waals surface area contributed by atoms with E-state index in [1.807, 2.05) is 0 Å². The van der Waals surface area contributed by atoms with Crippen molar-refractivity contribution in [3.05, 3.63) is 29.6 Å². The van der Waals surface area contributed by atoms with E-state index >= 15 is 0 Å². The number of benzene rings is 1. The maximum absolute atomic E-state index is 12.0. The Balaban J connectivity index is 2.06. The number of thiazole rings is 1. The highest BCUT2D eigenvalue weighted by Gasteiger charge is 2.31. The molecule has 20 heavy (non-hydrogen) atoms. The molecule has 106 valence electrons. The number of nitrogens with zero attached hydrogens (tertiary/aromatic N) is 1. The van der Waals surface area contributed by atoms with Crippen LogP contribution in [0, 0.1) is 0 Å². The molecule has 0 saturated carbocycles. The summed E-state index contributed by atoms with van der Waals surface area (Å²) in [7, 11) is 0. The third-order valence-electron chi connectivity index (χ3n) is 2.32. The number of hydrogen-bond acceptors (Lipinski definition) is 4. The number of rotatable bonds is 3. The third kappa shape index (κ3) is 3.95. The second-order valence-electron chi connectivity index (χ2n) is 4.00. The summed E-state index contributed by atoms with van der Waals surface area (Å²) in [4.78, 5) is 15.2. The topological polar surface area (TPSA) is 68.0 Å². The lowest BCUT2D eigenvalue weighted by Gasteiger charge is -2.04. The zero-order valence-corrected chi connectivity index (χ0v) is 10.9. The van der Waals surface area contributed by atoms with Crippen molar-refractivity contribution in [2.45, 2.75) is 12.6 Å². The van der Waals surface area contributed by atoms with Crippen LogP contribution in [0.1, 0.15) is 6.42 Å². The molecule has 0 bridgehead atoms. The van der Waals surface area contributed by atoms with E-state index in [9.17, 15) is 18.0 Å². The van der Waals surface area contributed by atoms with Gasteiger partial charge in [-0.3, -0.25) is 4.79 Å². The Kier molecular flexibility index (Phi) is 3.93. The highest BCUT2D eigenvalue weighted by Crippen LogP contribution is 2.26. The van der Waals surface area contributed by atoms with Crippen LogP contribution in [-0.4, -0.2) is 17.1 Å². The van der Waals surface area contributed by atoms with Crippen molar-refractivity contribution < 1.29 is 18.0 Å². The smallest absolute Gasteiger partial charge is 0.397 e. The molecule has 3 N–H and O–H groups in total. The molecule has 0 spiro atoms. The van der Waals surface area contributed by atoms with E-state index in [-0.39, 0.29) is 5.13 Å². The Morgan fingerprint density at radius 2 is 1.95 bits per heavy atom. The molecule has 2 aromatic rings. The summed E-state index contributed by atoms with van der Waals surface area (Å²) in [6.45, 7) is 0. The van der Waals surface area contributed by atoms with Crippen molar-refractivity contribution in [1.29, 1.82) is 0 Å². The minimum Gasteiger partial charge on any atom is -0.399 e. The normalized spacial score (nSPS) is 11.3. The fraction of sp³-hybridized carbons (Fsp3) is 0.167. The second-order valence-corrected chi connectivity index (χ2v) is 4.86. The average Bonchev–Trinajstić information content (AvgIpc) is 2.75. The van der Waals surface area contributed by atoms with Crippen LogP contribution in [0.4, 0.5) is 24.0 Å². The summed E-state index contributed by atoms with van der Waals surface area (Å²) in [5.41, 5.74) is 7.49. The van der Waals surface area contributed by atoms with E-state index in [4.69, 9.17) is 5.73 Å². The molecule has 0 radical (unpaired) electrons. The van der Waals surface area contributed by atoms with Gasteiger partial charge in [-0.1, -0.05) is 12.1 Å². The molecule has 0 unspecified atom stereocenters. The van der Waals surface area contributed by atoms with Crippen LogP contribution in [0.15, 0.2) is 29.6 Å². The molecule has 0 aliphatic carbocycles. The number of anilines is 2. The predicted octanol–water partition coefficient (Wildman–Crippen LogP) is 3.28. The van der Waals surface area contributed by atoms with Crippen LogP contribution in [0.25, 0.3) is 11.3 Å². The van der Waals surface area contributed by atoms with E-state index in [1.54, 1.807) is 29.6 Å². The van der Waals surface area contributed by atoms with Gasteiger partial charge in [-0.25, -0.2) is 4.98 Å². The largest absolute Gasteiger partial charge is 0.399 e. The van der Waals surface area contributed by atoms with Gasteiger partial charge in [0.05, 0.1) is 5.69 Å². The molecule has 0 fully saturated rings. The van der Waals surface area contributed by atoms with Crippen molar-refractivity contribution in [3.8, 4) is 11.3 Å². The third-order valence-corrected chi connectivity index (χ3v) is 3.08. The number of amides is 1. The summed E-state index contributed by atoms with van der Waals surface area (Å²) in [5.74, 6) is -1.13. The number of carbonyl (C=O) groups excluding carboxylic acids is 1. The minimum absolute atomic E-state index is 0.131. The number of hydrogen-bond donors (Lipinski definition) is 2. The number of nitrogens with two attached hydrogens (primary N) is 1. The average molecular weight is 301 g/mol. The first-order valence-electron chi connectivity index (χ1n) is 5.51.